The topological polar surface area (TPSA) is 47.9 Å². The molecule has 29 heavy (non-hydrogen) atoms. The molecule has 0 heterocycles. The van der Waals surface area contributed by atoms with Gasteiger partial charge in [-0.05, 0) is 76.4 Å². The van der Waals surface area contributed by atoms with Gasteiger partial charge in [-0.3, -0.25) is 0 Å². The Kier molecular flexibility index (Phi) is 7.67. The quantitative estimate of drug-likeness (QED) is 0.327. The van der Waals surface area contributed by atoms with Crippen LogP contribution in [0.1, 0.15) is 25.3 Å². The van der Waals surface area contributed by atoms with Crippen molar-refractivity contribution < 1.29 is 19.3 Å². The molecule has 0 fully saturated rings. The van der Waals surface area contributed by atoms with Gasteiger partial charge in [-0.25, -0.2) is 0 Å². The molecule has 0 aliphatic heterocycles. The molecule has 3 rings (SSSR count). The van der Waals surface area contributed by atoms with Crippen LogP contribution in [0.15, 0.2) is 65.1 Å². The number of hydrogen-bond acceptors (Lipinski definition) is 4. The van der Waals surface area contributed by atoms with E-state index in [2.05, 4.69) is 22.9 Å². The lowest BCUT2D eigenvalue weighted by atomic mass is 10.2. The zero-order valence-corrected chi connectivity index (χ0v) is 18.4. The molecule has 0 spiro atoms. The normalized spacial score (nSPS) is 10.6. The third kappa shape index (κ3) is 6.05. The Labute approximate surface area is 184 Å². The second-order valence-corrected chi connectivity index (χ2v) is 7.71. The second-order valence-electron chi connectivity index (χ2n) is 6.42. The Morgan fingerprint density at radius 3 is 2.41 bits per heavy atom. The molecule has 0 radical (unpaired) electrons. The van der Waals surface area contributed by atoms with E-state index in [1.807, 2.05) is 42.5 Å². The van der Waals surface area contributed by atoms with Crippen molar-refractivity contribution >= 4 is 27.5 Å². The van der Waals surface area contributed by atoms with Crippen LogP contribution in [0.25, 0.3) is 0 Å². The van der Waals surface area contributed by atoms with Gasteiger partial charge < -0.3 is 19.3 Å². The van der Waals surface area contributed by atoms with Gasteiger partial charge >= 0.3 is 0 Å². The van der Waals surface area contributed by atoms with Crippen LogP contribution < -0.4 is 14.2 Å². The van der Waals surface area contributed by atoms with Crippen molar-refractivity contribution in [3.8, 4) is 28.7 Å². The number of hydrogen-bond donors (Lipinski definition) is 1. The van der Waals surface area contributed by atoms with Crippen LogP contribution in [0, 0.1) is 0 Å². The summed E-state index contributed by atoms with van der Waals surface area (Å²) in [6, 6.07) is 18.0. The fourth-order valence-corrected chi connectivity index (χ4v) is 3.21. The number of benzene rings is 3. The Morgan fingerprint density at radius 2 is 1.69 bits per heavy atom. The van der Waals surface area contributed by atoms with Crippen molar-refractivity contribution in [2.24, 2.45) is 0 Å². The monoisotopic (exact) mass is 476 g/mol. The van der Waals surface area contributed by atoms with Gasteiger partial charge in [0.25, 0.3) is 0 Å². The van der Waals surface area contributed by atoms with Crippen molar-refractivity contribution in [2.75, 3.05) is 6.61 Å². The van der Waals surface area contributed by atoms with Gasteiger partial charge in [-0.15, -0.1) is 0 Å². The molecule has 0 aromatic heterocycles. The minimum absolute atomic E-state index is 0.00949. The van der Waals surface area contributed by atoms with Gasteiger partial charge in [0.15, 0.2) is 11.5 Å². The van der Waals surface area contributed by atoms with Crippen LogP contribution in [0.5, 0.6) is 28.7 Å². The maximum atomic E-state index is 10.3. The first-order chi connectivity index (χ1) is 14.1. The summed E-state index contributed by atoms with van der Waals surface area (Å²) in [5.41, 5.74) is 0.886. The van der Waals surface area contributed by atoms with E-state index in [4.69, 9.17) is 25.8 Å². The maximum absolute atomic E-state index is 10.3. The van der Waals surface area contributed by atoms with Crippen molar-refractivity contribution in [3.63, 3.8) is 0 Å². The van der Waals surface area contributed by atoms with Gasteiger partial charge in [-0.2, -0.15) is 0 Å². The van der Waals surface area contributed by atoms with Gasteiger partial charge in [-0.1, -0.05) is 37.1 Å². The number of halogens is 2. The summed E-state index contributed by atoms with van der Waals surface area (Å²) < 4.78 is 18.2. The molecule has 3 aromatic rings. The molecule has 4 nitrogen and oxygen atoms in total. The maximum Gasteiger partial charge on any atom is 0.205 e. The predicted octanol–water partition coefficient (Wildman–Crippen LogP) is 7.36. The molecule has 0 saturated heterocycles. The lowest BCUT2D eigenvalue weighted by molar-refractivity contribution is 0.274. The third-order valence-corrected chi connectivity index (χ3v) is 4.99. The smallest absolute Gasteiger partial charge is 0.205 e. The number of unbranched alkanes of at least 4 members (excludes halogenated alkanes) is 1. The van der Waals surface area contributed by atoms with E-state index in [1.54, 1.807) is 18.2 Å². The molecule has 0 saturated carbocycles. The van der Waals surface area contributed by atoms with E-state index < -0.39 is 0 Å². The molecule has 0 atom stereocenters. The van der Waals surface area contributed by atoms with Crippen molar-refractivity contribution in [3.05, 3.63) is 75.7 Å². The van der Waals surface area contributed by atoms with Crippen molar-refractivity contribution in [1.82, 2.24) is 0 Å². The highest BCUT2D eigenvalue weighted by atomic mass is 79.9. The summed E-state index contributed by atoms with van der Waals surface area (Å²) in [6.45, 7) is 3.06. The minimum atomic E-state index is -0.00949. The van der Waals surface area contributed by atoms with E-state index in [1.165, 1.54) is 0 Å². The number of phenols is 1. The fraction of sp³-hybridized carbons (Fsp3) is 0.217. The number of phenolic OH excluding ortho intramolecular Hbond substituents is 1. The summed E-state index contributed by atoms with van der Waals surface area (Å²) in [5, 5.41) is 10.9. The van der Waals surface area contributed by atoms with E-state index in [9.17, 15) is 5.11 Å². The average Bonchev–Trinajstić information content (AvgIpc) is 2.72. The summed E-state index contributed by atoms with van der Waals surface area (Å²) in [6.07, 6.45) is 2.10. The molecule has 0 aliphatic carbocycles. The Hall–Kier alpha value is -2.37. The van der Waals surface area contributed by atoms with Crippen LogP contribution in [0.3, 0.4) is 0 Å². The molecule has 0 amide bonds. The molecule has 0 unspecified atom stereocenters. The molecule has 1 N–H and O–H groups in total. The largest absolute Gasteiger partial charge is 0.504 e. The third-order valence-electron chi connectivity index (χ3n) is 4.13. The van der Waals surface area contributed by atoms with Crippen molar-refractivity contribution in [2.45, 2.75) is 26.4 Å². The van der Waals surface area contributed by atoms with Crippen LogP contribution in [0.2, 0.25) is 5.02 Å². The molecular formula is C23H22BrClO4. The zero-order valence-electron chi connectivity index (χ0n) is 16.0. The van der Waals surface area contributed by atoms with Crippen LogP contribution in [-0.4, -0.2) is 11.7 Å². The van der Waals surface area contributed by atoms with E-state index >= 15 is 0 Å². The summed E-state index contributed by atoms with van der Waals surface area (Å²) >= 11 is 9.50. The molecular weight excluding hydrogens is 456 g/mol. The molecule has 3 aromatic carbocycles. The Morgan fingerprint density at radius 1 is 0.931 bits per heavy atom. The molecule has 0 aliphatic rings. The Bertz CT molecular complexity index is 944. The van der Waals surface area contributed by atoms with Crippen LogP contribution >= 0.6 is 27.5 Å². The number of aromatic hydroxyl groups is 1. The lowest BCUT2D eigenvalue weighted by Crippen LogP contribution is -1.99. The first-order valence-electron chi connectivity index (χ1n) is 9.36. The first-order valence-corrected chi connectivity index (χ1v) is 10.5. The van der Waals surface area contributed by atoms with Crippen LogP contribution in [-0.2, 0) is 6.61 Å². The summed E-state index contributed by atoms with van der Waals surface area (Å²) in [5.74, 6) is 2.03. The fourth-order valence-electron chi connectivity index (χ4n) is 2.60. The number of rotatable bonds is 9. The Balaban J connectivity index is 1.75. The van der Waals surface area contributed by atoms with Crippen molar-refractivity contribution in [1.29, 1.82) is 0 Å². The van der Waals surface area contributed by atoms with E-state index in [-0.39, 0.29) is 18.1 Å². The van der Waals surface area contributed by atoms with Gasteiger partial charge in [0.1, 0.15) is 18.1 Å². The zero-order chi connectivity index (χ0) is 20.6. The standard InChI is InChI=1S/C23H22BrClO4/c1-2-3-13-27-18-7-9-19(10-8-18)29-22-20(24)11-12-21(26)23(22)28-15-16-5-4-6-17(25)14-16/h4-12,14,26H,2-3,13,15H2,1H3. The van der Waals surface area contributed by atoms with E-state index in [0.29, 0.717) is 27.6 Å². The first kappa shape index (κ1) is 21.3. The lowest BCUT2D eigenvalue weighted by Gasteiger charge is -2.16. The highest BCUT2D eigenvalue weighted by molar-refractivity contribution is 9.10. The van der Waals surface area contributed by atoms with Gasteiger partial charge in [0.2, 0.25) is 5.75 Å². The number of ether oxygens (including phenoxy) is 3. The summed E-state index contributed by atoms with van der Waals surface area (Å²) in [4.78, 5) is 0. The second kappa shape index (κ2) is 10.4. The average molecular weight is 478 g/mol. The summed E-state index contributed by atoms with van der Waals surface area (Å²) in [7, 11) is 0. The molecule has 152 valence electrons. The highest BCUT2D eigenvalue weighted by Gasteiger charge is 2.16. The molecule has 0 bridgehead atoms. The van der Waals surface area contributed by atoms with E-state index in [0.717, 1.165) is 24.2 Å². The predicted molar refractivity (Wildman–Crippen MR) is 119 cm³/mol. The van der Waals surface area contributed by atoms with Gasteiger partial charge in [0.05, 0.1) is 11.1 Å². The van der Waals surface area contributed by atoms with Gasteiger partial charge in [0, 0.05) is 5.02 Å². The van der Waals surface area contributed by atoms with Crippen LogP contribution in [0.4, 0.5) is 0 Å². The SMILES string of the molecule is CCCCOc1ccc(Oc2c(Br)ccc(O)c2OCc2cccc(Cl)c2)cc1. The highest BCUT2D eigenvalue weighted by Crippen LogP contribution is 2.44. The molecule has 6 heteroatoms. The minimum Gasteiger partial charge on any atom is -0.504 e.